The number of piperidine rings is 1. The first-order valence-corrected chi connectivity index (χ1v) is 6.20. The summed E-state index contributed by atoms with van der Waals surface area (Å²) < 4.78 is 38.4. The second-order valence-corrected chi connectivity index (χ2v) is 4.63. The predicted octanol–water partition coefficient (Wildman–Crippen LogP) is 2.63. The summed E-state index contributed by atoms with van der Waals surface area (Å²) in [7, 11) is 0. The molecule has 0 spiro atoms. The topological polar surface area (TPSA) is 29.1 Å². The number of carbonyl (C=O) groups excluding carboxylic acids is 1. The van der Waals surface area contributed by atoms with E-state index in [4.69, 9.17) is 0 Å². The van der Waals surface area contributed by atoms with Gasteiger partial charge >= 0.3 is 6.18 Å². The molecule has 0 saturated carbocycles. The Labute approximate surface area is 110 Å². The number of benzene rings is 1. The van der Waals surface area contributed by atoms with E-state index in [2.05, 4.69) is 5.32 Å². The van der Waals surface area contributed by atoms with Gasteiger partial charge in [-0.05, 0) is 37.6 Å². The van der Waals surface area contributed by atoms with E-state index < -0.39 is 11.7 Å². The number of rotatable bonds is 3. The molecule has 2 rings (SSSR count). The van der Waals surface area contributed by atoms with Gasteiger partial charge in [-0.1, -0.05) is 18.2 Å². The SMILES string of the molecule is O=C(Cc1ccccc1C(F)(F)F)C1[CH]CNCC1. The van der Waals surface area contributed by atoms with Crippen molar-refractivity contribution in [2.75, 3.05) is 13.1 Å². The quantitative estimate of drug-likeness (QED) is 0.914. The van der Waals surface area contributed by atoms with Crippen molar-refractivity contribution in [3.05, 3.63) is 41.8 Å². The zero-order chi connectivity index (χ0) is 13.9. The first kappa shape index (κ1) is 14.1. The van der Waals surface area contributed by atoms with E-state index in [0.717, 1.165) is 12.6 Å². The Kier molecular flexibility index (Phi) is 4.24. The maximum atomic E-state index is 12.8. The fourth-order valence-electron chi connectivity index (χ4n) is 2.27. The molecule has 1 aliphatic rings. The van der Waals surface area contributed by atoms with Gasteiger partial charge in [-0.15, -0.1) is 0 Å². The van der Waals surface area contributed by atoms with Gasteiger partial charge in [0.25, 0.3) is 0 Å². The summed E-state index contributed by atoms with van der Waals surface area (Å²) >= 11 is 0. The highest BCUT2D eigenvalue weighted by molar-refractivity contribution is 5.84. The van der Waals surface area contributed by atoms with Gasteiger partial charge in [-0.3, -0.25) is 4.79 Å². The van der Waals surface area contributed by atoms with Gasteiger partial charge in [0.15, 0.2) is 0 Å². The molecule has 0 aromatic heterocycles. The van der Waals surface area contributed by atoms with Gasteiger partial charge in [0.05, 0.1) is 5.56 Å². The van der Waals surface area contributed by atoms with Crippen LogP contribution in [0.2, 0.25) is 0 Å². The second kappa shape index (κ2) is 5.74. The lowest BCUT2D eigenvalue weighted by Gasteiger charge is -2.21. The highest BCUT2D eigenvalue weighted by Gasteiger charge is 2.34. The Hall–Kier alpha value is -1.36. The zero-order valence-corrected chi connectivity index (χ0v) is 10.3. The molecule has 1 unspecified atom stereocenters. The van der Waals surface area contributed by atoms with Gasteiger partial charge in [0.1, 0.15) is 5.78 Å². The summed E-state index contributed by atoms with van der Waals surface area (Å²) in [6, 6.07) is 5.27. The Morgan fingerprint density at radius 3 is 2.68 bits per heavy atom. The maximum absolute atomic E-state index is 12.8. The first-order valence-electron chi connectivity index (χ1n) is 6.20. The predicted molar refractivity (Wildman–Crippen MR) is 65.4 cm³/mol. The minimum Gasteiger partial charge on any atom is -0.316 e. The van der Waals surface area contributed by atoms with Crippen molar-refractivity contribution < 1.29 is 18.0 Å². The number of nitrogens with one attached hydrogen (secondary N) is 1. The Morgan fingerprint density at radius 2 is 2.05 bits per heavy atom. The Bertz CT molecular complexity index is 450. The van der Waals surface area contributed by atoms with Crippen molar-refractivity contribution in [2.45, 2.75) is 19.0 Å². The van der Waals surface area contributed by atoms with Crippen LogP contribution in [0.1, 0.15) is 17.5 Å². The molecule has 1 aromatic carbocycles. The molecule has 0 bridgehead atoms. The molecule has 2 nitrogen and oxygen atoms in total. The summed E-state index contributed by atoms with van der Waals surface area (Å²) in [5.41, 5.74) is -0.649. The highest BCUT2D eigenvalue weighted by Crippen LogP contribution is 2.32. The van der Waals surface area contributed by atoms with Crippen LogP contribution in [-0.2, 0) is 17.4 Å². The van der Waals surface area contributed by atoms with E-state index in [1.54, 1.807) is 0 Å². The molecular formula is C14H15F3NO. The number of alkyl halides is 3. The number of halogens is 3. The van der Waals surface area contributed by atoms with E-state index in [1.807, 2.05) is 6.42 Å². The molecule has 1 aliphatic heterocycles. The second-order valence-electron chi connectivity index (χ2n) is 4.63. The summed E-state index contributed by atoms with van der Waals surface area (Å²) in [5.74, 6) is -0.374. The molecule has 0 aliphatic carbocycles. The molecule has 1 radical (unpaired) electrons. The summed E-state index contributed by atoms with van der Waals surface area (Å²) in [4.78, 5) is 12.0. The molecule has 1 heterocycles. The van der Waals surface area contributed by atoms with Crippen molar-refractivity contribution in [1.82, 2.24) is 5.32 Å². The number of ketones is 1. The molecule has 0 amide bonds. The molecule has 1 saturated heterocycles. The van der Waals surface area contributed by atoms with Gasteiger partial charge in [0.2, 0.25) is 0 Å². The summed E-state index contributed by atoms with van der Waals surface area (Å²) in [6.07, 6.45) is -2.07. The number of hydrogen-bond donors (Lipinski definition) is 1. The fraction of sp³-hybridized carbons (Fsp3) is 0.429. The molecule has 19 heavy (non-hydrogen) atoms. The van der Waals surface area contributed by atoms with Gasteiger partial charge in [-0.2, -0.15) is 13.2 Å². The standard InChI is InChI=1S/C14H15F3NO/c15-14(16,17)12-4-2-1-3-11(12)9-13(19)10-5-7-18-8-6-10/h1-5,10,18H,6-9H2. The van der Waals surface area contributed by atoms with Crippen LogP contribution >= 0.6 is 0 Å². The molecular weight excluding hydrogens is 255 g/mol. The lowest BCUT2D eigenvalue weighted by Crippen LogP contribution is -2.33. The van der Waals surface area contributed by atoms with Gasteiger partial charge < -0.3 is 5.32 Å². The van der Waals surface area contributed by atoms with Crippen LogP contribution in [0.15, 0.2) is 24.3 Å². The van der Waals surface area contributed by atoms with E-state index in [-0.39, 0.29) is 23.7 Å². The minimum absolute atomic E-state index is 0.0620. The molecule has 5 heteroatoms. The van der Waals surface area contributed by atoms with Crippen LogP contribution in [0.25, 0.3) is 0 Å². The fourth-order valence-corrected chi connectivity index (χ4v) is 2.27. The average Bonchev–Trinajstić information content (AvgIpc) is 2.39. The van der Waals surface area contributed by atoms with Crippen molar-refractivity contribution in [3.63, 3.8) is 0 Å². The van der Waals surface area contributed by atoms with Crippen LogP contribution < -0.4 is 5.32 Å². The van der Waals surface area contributed by atoms with E-state index >= 15 is 0 Å². The molecule has 1 atom stereocenters. The zero-order valence-electron chi connectivity index (χ0n) is 10.3. The highest BCUT2D eigenvalue weighted by atomic mass is 19.4. The molecule has 1 fully saturated rings. The maximum Gasteiger partial charge on any atom is 0.416 e. The van der Waals surface area contributed by atoms with Crippen molar-refractivity contribution in [3.8, 4) is 0 Å². The van der Waals surface area contributed by atoms with Crippen molar-refractivity contribution in [2.24, 2.45) is 5.92 Å². The third-order valence-corrected chi connectivity index (χ3v) is 3.28. The van der Waals surface area contributed by atoms with Crippen LogP contribution in [-0.4, -0.2) is 18.9 Å². The average molecular weight is 270 g/mol. The smallest absolute Gasteiger partial charge is 0.316 e. The lowest BCUT2D eigenvalue weighted by molar-refractivity contribution is -0.138. The third-order valence-electron chi connectivity index (χ3n) is 3.28. The van der Waals surface area contributed by atoms with Crippen molar-refractivity contribution in [1.29, 1.82) is 0 Å². The third kappa shape index (κ3) is 3.56. The molecule has 1 N–H and O–H groups in total. The van der Waals surface area contributed by atoms with Crippen molar-refractivity contribution >= 4 is 5.78 Å². The number of hydrogen-bond acceptors (Lipinski definition) is 2. The molecule has 103 valence electrons. The largest absolute Gasteiger partial charge is 0.416 e. The normalized spacial score (nSPS) is 17.4. The minimum atomic E-state index is -4.41. The summed E-state index contributed by atoms with van der Waals surface area (Å²) in [6.45, 7) is 1.37. The van der Waals surface area contributed by atoms with Gasteiger partial charge in [0, 0.05) is 12.3 Å². The first-order chi connectivity index (χ1) is 8.98. The number of carbonyl (C=O) groups is 1. The lowest BCUT2D eigenvalue weighted by atomic mass is 9.89. The van der Waals surface area contributed by atoms with Crippen LogP contribution in [0, 0.1) is 12.3 Å². The van der Waals surface area contributed by atoms with Crippen LogP contribution in [0.5, 0.6) is 0 Å². The number of Topliss-reactive ketones (excluding diaryl/α,β-unsaturated/α-hetero) is 1. The van der Waals surface area contributed by atoms with E-state index in [0.29, 0.717) is 13.0 Å². The summed E-state index contributed by atoms with van der Waals surface area (Å²) in [5, 5.41) is 3.08. The molecule has 1 aromatic rings. The van der Waals surface area contributed by atoms with Crippen LogP contribution in [0.4, 0.5) is 13.2 Å². The van der Waals surface area contributed by atoms with Gasteiger partial charge in [-0.25, -0.2) is 0 Å². The van der Waals surface area contributed by atoms with E-state index in [1.165, 1.54) is 18.2 Å². The van der Waals surface area contributed by atoms with E-state index in [9.17, 15) is 18.0 Å². The monoisotopic (exact) mass is 270 g/mol. The Morgan fingerprint density at radius 1 is 1.32 bits per heavy atom. The Balaban J connectivity index is 2.12. The van der Waals surface area contributed by atoms with Crippen LogP contribution in [0.3, 0.4) is 0 Å².